The lowest BCUT2D eigenvalue weighted by Gasteiger charge is -2.35. The summed E-state index contributed by atoms with van der Waals surface area (Å²) in [6.07, 6.45) is 0. The monoisotopic (exact) mass is 411 g/mol. The number of benzene rings is 2. The summed E-state index contributed by atoms with van der Waals surface area (Å²) in [4.78, 5) is 18.4. The lowest BCUT2D eigenvalue weighted by atomic mass is 10.2. The molecule has 1 aliphatic rings. The first-order valence-electron chi connectivity index (χ1n) is 9.44. The van der Waals surface area contributed by atoms with Gasteiger partial charge in [0.1, 0.15) is 6.54 Å². The Hall–Kier alpha value is -2.97. The molecular formula is C20H22ClN7O. The molecule has 2 aromatic carbocycles. The van der Waals surface area contributed by atoms with Crippen molar-refractivity contribution in [3.05, 3.63) is 53.6 Å². The van der Waals surface area contributed by atoms with Gasteiger partial charge in [-0.3, -0.25) is 4.79 Å². The largest absolute Gasteiger partial charge is 0.367 e. The minimum atomic E-state index is -0.236. The number of hydrogen-bond acceptors (Lipinski definition) is 6. The van der Waals surface area contributed by atoms with Gasteiger partial charge in [0.2, 0.25) is 11.7 Å². The molecule has 0 atom stereocenters. The molecule has 0 radical (unpaired) electrons. The SMILES string of the molecule is CN1CCN(c2ccc(Cl)cc2NC(=O)Cn2nnc(-c3ccccc3)n2)CC1. The molecule has 1 N–H and O–H groups in total. The quantitative estimate of drug-likeness (QED) is 0.694. The molecule has 9 heteroatoms. The minimum absolute atomic E-state index is 0.0332. The van der Waals surface area contributed by atoms with Crippen molar-refractivity contribution in [2.75, 3.05) is 43.4 Å². The maximum atomic E-state index is 12.6. The van der Waals surface area contributed by atoms with Crippen LogP contribution in [0.25, 0.3) is 11.4 Å². The van der Waals surface area contributed by atoms with Crippen LogP contribution in [-0.4, -0.2) is 64.2 Å². The highest BCUT2D eigenvalue weighted by molar-refractivity contribution is 6.31. The Labute approximate surface area is 174 Å². The lowest BCUT2D eigenvalue weighted by Crippen LogP contribution is -2.44. The number of halogens is 1. The summed E-state index contributed by atoms with van der Waals surface area (Å²) in [5.41, 5.74) is 2.51. The second-order valence-corrected chi connectivity index (χ2v) is 7.45. The van der Waals surface area contributed by atoms with E-state index < -0.39 is 0 Å². The van der Waals surface area contributed by atoms with Crippen LogP contribution in [0.1, 0.15) is 0 Å². The van der Waals surface area contributed by atoms with Gasteiger partial charge in [0.15, 0.2) is 0 Å². The first-order chi connectivity index (χ1) is 14.1. The highest BCUT2D eigenvalue weighted by atomic mass is 35.5. The predicted octanol–water partition coefficient (Wildman–Crippen LogP) is 2.38. The van der Waals surface area contributed by atoms with Crippen LogP contribution in [-0.2, 0) is 11.3 Å². The standard InChI is InChI=1S/C20H22ClN7O/c1-26-9-11-27(12-10-26)18-8-7-16(21)13-17(18)22-19(29)14-28-24-20(23-25-28)15-5-3-2-4-6-15/h2-8,13H,9-12,14H2,1H3,(H,22,29). The summed E-state index contributed by atoms with van der Waals surface area (Å²) < 4.78 is 0. The van der Waals surface area contributed by atoms with Crippen LogP contribution in [0.2, 0.25) is 5.02 Å². The van der Waals surface area contributed by atoms with Gasteiger partial charge in [0.05, 0.1) is 11.4 Å². The van der Waals surface area contributed by atoms with E-state index in [1.807, 2.05) is 42.5 Å². The van der Waals surface area contributed by atoms with Crippen LogP contribution in [0, 0.1) is 0 Å². The third-order valence-electron chi connectivity index (χ3n) is 4.85. The van der Waals surface area contributed by atoms with Gasteiger partial charge in [-0.05, 0) is 30.5 Å². The summed E-state index contributed by atoms with van der Waals surface area (Å²) >= 11 is 6.18. The van der Waals surface area contributed by atoms with Crippen LogP contribution in [0.15, 0.2) is 48.5 Å². The molecule has 3 aromatic rings. The highest BCUT2D eigenvalue weighted by Gasteiger charge is 2.19. The Bertz CT molecular complexity index is 984. The van der Waals surface area contributed by atoms with Crippen molar-refractivity contribution in [2.45, 2.75) is 6.54 Å². The van der Waals surface area contributed by atoms with Crippen molar-refractivity contribution in [3.63, 3.8) is 0 Å². The molecule has 150 valence electrons. The molecular weight excluding hydrogens is 390 g/mol. The Morgan fingerprint density at radius 1 is 1.10 bits per heavy atom. The molecule has 1 aliphatic heterocycles. The van der Waals surface area contributed by atoms with Crippen LogP contribution in [0.4, 0.5) is 11.4 Å². The summed E-state index contributed by atoms with van der Waals surface area (Å²) in [6.45, 7) is 3.70. The number of nitrogens with zero attached hydrogens (tertiary/aromatic N) is 6. The molecule has 29 heavy (non-hydrogen) atoms. The van der Waals surface area contributed by atoms with Crippen LogP contribution in [0.3, 0.4) is 0 Å². The number of carbonyl (C=O) groups excluding carboxylic acids is 1. The first kappa shape index (κ1) is 19.4. The van der Waals surface area contributed by atoms with Gasteiger partial charge in [-0.15, -0.1) is 10.2 Å². The number of rotatable bonds is 5. The highest BCUT2D eigenvalue weighted by Crippen LogP contribution is 2.30. The van der Waals surface area contributed by atoms with E-state index in [0.29, 0.717) is 16.5 Å². The molecule has 1 aromatic heterocycles. The number of tetrazole rings is 1. The van der Waals surface area contributed by atoms with E-state index in [2.05, 4.69) is 37.6 Å². The summed E-state index contributed by atoms with van der Waals surface area (Å²) in [7, 11) is 2.11. The molecule has 0 spiro atoms. The smallest absolute Gasteiger partial charge is 0.248 e. The van der Waals surface area contributed by atoms with E-state index >= 15 is 0 Å². The van der Waals surface area contributed by atoms with Crippen LogP contribution in [0.5, 0.6) is 0 Å². The third-order valence-corrected chi connectivity index (χ3v) is 5.08. The van der Waals surface area contributed by atoms with Gasteiger partial charge in [0, 0.05) is 36.8 Å². The minimum Gasteiger partial charge on any atom is -0.367 e. The lowest BCUT2D eigenvalue weighted by molar-refractivity contribution is -0.117. The molecule has 1 fully saturated rings. The fraction of sp³-hybridized carbons (Fsp3) is 0.300. The molecule has 1 saturated heterocycles. The van der Waals surface area contributed by atoms with Crippen molar-refractivity contribution in [3.8, 4) is 11.4 Å². The first-order valence-corrected chi connectivity index (χ1v) is 9.82. The van der Waals surface area contributed by atoms with Crippen molar-refractivity contribution < 1.29 is 4.79 Å². The van der Waals surface area contributed by atoms with E-state index in [4.69, 9.17) is 11.6 Å². The number of piperazine rings is 1. The Morgan fingerprint density at radius 2 is 1.86 bits per heavy atom. The second-order valence-electron chi connectivity index (χ2n) is 7.01. The summed E-state index contributed by atoms with van der Waals surface area (Å²) in [6, 6.07) is 15.1. The zero-order valence-corrected chi connectivity index (χ0v) is 16.9. The maximum Gasteiger partial charge on any atom is 0.248 e. The number of nitrogens with one attached hydrogen (secondary N) is 1. The molecule has 1 amide bonds. The van der Waals surface area contributed by atoms with Crippen LogP contribution >= 0.6 is 11.6 Å². The number of hydrogen-bond donors (Lipinski definition) is 1. The van der Waals surface area contributed by atoms with Crippen LogP contribution < -0.4 is 10.2 Å². The predicted molar refractivity (Wildman–Crippen MR) is 113 cm³/mol. The van der Waals surface area contributed by atoms with E-state index in [9.17, 15) is 4.79 Å². The molecule has 0 bridgehead atoms. The van der Waals surface area contributed by atoms with Crippen molar-refractivity contribution in [2.24, 2.45) is 0 Å². The van der Waals surface area contributed by atoms with Gasteiger partial charge in [0.25, 0.3) is 0 Å². The van der Waals surface area contributed by atoms with Crippen molar-refractivity contribution in [1.82, 2.24) is 25.1 Å². The fourth-order valence-electron chi connectivity index (χ4n) is 3.26. The van der Waals surface area contributed by atoms with Gasteiger partial charge in [-0.2, -0.15) is 4.80 Å². The maximum absolute atomic E-state index is 12.6. The number of amides is 1. The fourth-order valence-corrected chi connectivity index (χ4v) is 3.43. The van der Waals surface area contributed by atoms with E-state index in [-0.39, 0.29) is 12.5 Å². The number of likely N-dealkylation sites (N-methyl/N-ethyl adjacent to an activating group) is 1. The molecule has 0 unspecified atom stereocenters. The number of aromatic nitrogens is 4. The zero-order chi connectivity index (χ0) is 20.2. The number of carbonyl (C=O) groups is 1. The topological polar surface area (TPSA) is 79.2 Å². The Kier molecular flexibility index (Phi) is 5.73. The zero-order valence-electron chi connectivity index (χ0n) is 16.1. The average Bonchev–Trinajstić information content (AvgIpc) is 3.18. The third kappa shape index (κ3) is 4.72. The average molecular weight is 412 g/mol. The molecule has 0 saturated carbocycles. The van der Waals surface area contributed by atoms with Crippen molar-refractivity contribution >= 4 is 28.9 Å². The molecule has 8 nitrogen and oxygen atoms in total. The van der Waals surface area contributed by atoms with Gasteiger partial charge < -0.3 is 15.1 Å². The number of anilines is 2. The van der Waals surface area contributed by atoms with Gasteiger partial charge >= 0.3 is 0 Å². The summed E-state index contributed by atoms with van der Waals surface area (Å²) in [5, 5.41) is 15.8. The van der Waals surface area contributed by atoms with E-state index in [0.717, 1.165) is 37.4 Å². The second kappa shape index (κ2) is 8.59. The van der Waals surface area contributed by atoms with Gasteiger partial charge in [-0.25, -0.2) is 0 Å². The van der Waals surface area contributed by atoms with E-state index in [1.54, 1.807) is 6.07 Å². The Balaban J connectivity index is 1.46. The summed E-state index contributed by atoms with van der Waals surface area (Å²) in [5.74, 6) is 0.249. The normalized spacial score (nSPS) is 14.8. The molecule has 4 rings (SSSR count). The Morgan fingerprint density at radius 3 is 2.62 bits per heavy atom. The molecule has 0 aliphatic carbocycles. The van der Waals surface area contributed by atoms with Crippen molar-refractivity contribution in [1.29, 1.82) is 0 Å². The van der Waals surface area contributed by atoms with Gasteiger partial charge in [-0.1, -0.05) is 41.9 Å². The molecule has 2 heterocycles. The van der Waals surface area contributed by atoms with E-state index in [1.165, 1.54) is 4.80 Å².